The molecule has 128 valence electrons. The highest BCUT2D eigenvalue weighted by atomic mass is 16.3. The molecule has 6 heteroatoms. The highest BCUT2D eigenvalue weighted by Crippen LogP contribution is 2.50. The predicted octanol–water partition coefficient (Wildman–Crippen LogP) is 1.60. The number of ketones is 2. The van der Waals surface area contributed by atoms with Crippen molar-refractivity contribution in [3.8, 4) is 11.5 Å². The molecule has 0 aliphatic heterocycles. The summed E-state index contributed by atoms with van der Waals surface area (Å²) in [5.41, 5.74) is -1.68. The monoisotopic (exact) mass is 340 g/mol. The van der Waals surface area contributed by atoms with Crippen LogP contribution in [-0.4, -0.2) is 37.6 Å². The smallest absolute Gasteiger partial charge is 0.198 e. The number of phenolic OH excluding ortho intramolecular Hbond substituents is 2. The number of aliphatic hydroxyl groups is 2. The van der Waals surface area contributed by atoms with Crippen LogP contribution < -0.4 is 0 Å². The molecule has 2 aliphatic carbocycles. The highest BCUT2D eigenvalue weighted by molar-refractivity contribution is 6.30. The van der Waals surface area contributed by atoms with Gasteiger partial charge in [0.1, 0.15) is 17.6 Å². The zero-order chi connectivity index (χ0) is 18.1. The Hall–Kier alpha value is -2.70. The fraction of sp³-hybridized carbons (Fsp3) is 0.263. The van der Waals surface area contributed by atoms with Gasteiger partial charge in [0, 0.05) is 22.3 Å². The van der Waals surface area contributed by atoms with Gasteiger partial charge in [-0.15, -0.1) is 0 Å². The average Bonchev–Trinajstić information content (AvgIpc) is 2.58. The molecule has 0 radical (unpaired) electrons. The highest BCUT2D eigenvalue weighted by Gasteiger charge is 2.44. The summed E-state index contributed by atoms with van der Waals surface area (Å²) in [5, 5.41) is 42.0. The van der Waals surface area contributed by atoms with Crippen LogP contribution >= 0.6 is 0 Å². The molecule has 2 aliphatic rings. The first kappa shape index (κ1) is 15.8. The number of rotatable bonds is 0. The summed E-state index contributed by atoms with van der Waals surface area (Å²) in [6.45, 7) is 1.42. The largest absolute Gasteiger partial charge is 0.507 e. The van der Waals surface area contributed by atoms with Crippen LogP contribution in [-0.2, 0) is 6.42 Å². The number of carbonyl (C=O) groups excluding carboxylic acids is 2. The van der Waals surface area contributed by atoms with E-state index in [9.17, 15) is 30.0 Å². The first-order valence-corrected chi connectivity index (χ1v) is 7.95. The zero-order valence-electron chi connectivity index (χ0n) is 13.4. The van der Waals surface area contributed by atoms with E-state index in [0.717, 1.165) is 0 Å². The van der Waals surface area contributed by atoms with Gasteiger partial charge in [-0.05, 0) is 19.8 Å². The standard InChI is InChI=1S/C19H16O6/c1-19(25)7-6-10-11(18(19)24)17(23)13-12(16(10)22)14(20)8-4-2-3-5-9(8)15(13)21/h2-5,18,22-25H,6-7H2,1H3/t18-,19-/m0/s1. The number of aliphatic hydroxyl groups excluding tert-OH is 1. The Morgan fingerprint density at radius 3 is 2.08 bits per heavy atom. The Bertz CT molecular complexity index is 957. The number of hydrogen-bond acceptors (Lipinski definition) is 6. The van der Waals surface area contributed by atoms with Crippen molar-refractivity contribution in [2.75, 3.05) is 0 Å². The molecule has 2 aromatic rings. The summed E-state index contributed by atoms with van der Waals surface area (Å²) in [4.78, 5) is 25.6. The minimum absolute atomic E-state index is 0.0898. The molecule has 4 rings (SSSR count). The van der Waals surface area contributed by atoms with Gasteiger partial charge in [0.2, 0.25) is 0 Å². The van der Waals surface area contributed by atoms with Crippen LogP contribution in [0.5, 0.6) is 11.5 Å². The minimum Gasteiger partial charge on any atom is -0.507 e. The molecule has 25 heavy (non-hydrogen) atoms. The van der Waals surface area contributed by atoms with Crippen molar-refractivity contribution in [1.82, 2.24) is 0 Å². The lowest BCUT2D eigenvalue weighted by Crippen LogP contribution is -2.38. The van der Waals surface area contributed by atoms with E-state index in [0.29, 0.717) is 0 Å². The van der Waals surface area contributed by atoms with Crippen LogP contribution in [0, 0.1) is 0 Å². The molecule has 2 aromatic carbocycles. The molecular weight excluding hydrogens is 324 g/mol. The van der Waals surface area contributed by atoms with E-state index in [4.69, 9.17) is 0 Å². The summed E-state index contributed by atoms with van der Waals surface area (Å²) >= 11 is 0. The predicted molar refractivity (Wildman–Crippen MR) is 87.0 cm³/mol. The van der Waals surface area contributed by atoms with E-state index in [-0.39, 0.29) is 46.2 Å². The van der Waals surface area contributed by atoms with Crippen molar-refractivity contribution in [2.24, 2.45) is 0 Å². The van der Waals surface area contributed by atoms with Crippen molar-refractivity contribution in [1.29, 1.82) is 0 Å². The SMILES string of the molecule is C[C@]1(O)CCc2c(O)c3c(c(O)c2[C@@H]1O)C(=O)c1ccccc1C3=O. The third kappa shape index (κ3) is 1.92. The van der Waals surface area contributed by atoms with E-state index >= 15 is 0 Å². The molecule has 0 aromatic heterocycles. The summed E-state index contributed by atoms with van der Waals surface area (Å²) in [6.07, 6.45) is -1.17. The van der Waals surface area contributed by atoms with Crippen molar-refractivity contribution in [3.05, 3.63) is 57.6 Å². The molecule has 0 saturated heterocycles. The number of fused-ring (bicyclic) bond motifs is 3. The summed E-state index contributed by atoms with van der Waals surface area (Å²) in [5.74, 6) is -2.11. The third-order valence-electron chi connectivity index (χ3n) is 5.20. The third-order valence-corrected chi connectivity index (χ3v) is 5.20. The van der Waals surface area contributed by atoms with Gasteiger partial charge < -0.3 is 20.4 Å². The normalized spacial score (nSPS) is 24.5. The second kappa shape index (κ2) is 4.91. The Morgan fingerprint density at radius 2 is 1.52 bits per heavy atom. The Morgan fingerprint density at radius 1 is 1.00 bits per heavy atom. The second-order valence-corrected chi connectivity index (χ2v) is 6.80. The van der Waals surface area contributed by atoms with E-state index in [1.165, 1.54) is 19.1 Å². The molecule has 0 saturated carbocycles. The van der Waals surface area contributed by atoms with Crippen molar-refractivity contribution >= 4 is 11.6 Å². The van der Waals surface area contributed by atoms with Gasteiger partial charge in [0.05, 0.1) is 16.7 Å². The molecular formula is C19H16O6. The summed E-state index contributed by atoms with van der Waals surface area (Å²) in [6, 6.07) is 6.18. The van der Waals surface area contributed by atoms with E-state index in [2.05, 4.69) is 0 Å². The molecule has 2 atom stereocenters. The van der Waals surface area contributed by atoms with Crippen LogP contribution in [0.15, 0.2) is 24.3 Å². The maximum Gasteiger partial charge on any atom is 0.198 e. The number of phenols is 2. The zero-order valence-corrected chi connectivity index (χ0v) is 13.4. The fourth-order valence-electron chi connectivity index (χ4n) is 3.76. The van der Waals surface area contributed by atoms with Gasteiger partial charge in [-0.3, -0.25) is 9.59 Å². The molecule has 0 amide bonds. The molecule has 0 fully saturated rings. The van der Waals surface area contributed by atoms with Crippen LogP contribution in [0.2, 0.25) is 0 Å². The number of carbonyl (C=O) groups is 2. The maximum atomic E-state index is 12.8. The van der Waals surface area contributed by atoms with Gasteiger partial charge in [-0.25, -0.2) is 0 Å². The second-order valence-electron chi connectivity index (χ2n) is 6.80. The van der Waals surface area contributed by atoms with E-state index < -0.39 is 34.8 Å². The first-order chi connectivity index (χ1) is 11.8. The average molecular weight is 340 g/mol. The van der Waals surface area contributed by atoms with Crippen LogP contribution in [0.1, 0.15) is 62.4 Å². The van der Waals surface area contributed by atoms with Crippen molar-refractivity contribution in [2.45, 2.75) is 31.5 Å². The van der Waals surface area contributed by atoms with Gasteiger partial charge in [-0.1, -0.05) is 24.3 Å². The lowest BCUT2D eigenvalue weighted by atomic mass is 9.73. The number of aromatic hydroxyl groups is 2. The number of benzene rings is 2. The first-order valence-electron chi connectivity index (χ1n) is 7.95. The van der Waals surface area contributed by atoms with Crippen LogP contribution in [0.3, 0.4) is 0 Å². The van der Waals surface area contributed by atoms with E-state index in [1.54, 1.807) is 12.1 Å². The maximum absolute atomic E-state index is 12.8. The van der Waals surface area contributed by atoms with Gasteiger partial charge in [0.25, 0.3) is 0 Å². The van der Waals surface area contributed by atoms with Gasteiger partial charge in [0.15, 0.2) is 11.6 Å². The molecule has 0 spiro atoms. The summed E-state index contributed by atoms with van der Waals surface area (Å²) < 4.78 is 0. The van der Waals surface area contributed by atoms with Crippen molar-refractivity contribution in [3.63, 3.8) is 0 Å². The Kier molecular flexibility index (Phi) is 3.10. The van der Waals surface area contributed by atoms with Gasteiger partial charge in [-0.2, -0.15) is 0 Å². The molecule has 0 heterocycles. The minimum atomic E-state index is -1.51. The molecule has 4 N–H and O–H groups in total. The van der Waals surface area contributed by atoms with Crippen LogP contribution in [0.4, 0.5) is 0 Å². The molecule has 0 bridgehead atoms. The van der Waals surface area contributed by atoms with Gasteiger partial charge >= 0.3 is 0 Å². The quantitative estimate of drug-likeness (QED) is 0.462. The van der Waals surface area contributed by atoms with Crippen molar-refractivity contribution < 1.29 is 30.0 Å². The fourth-order valence-corrected chi connectivity index (χ4v) is 3.76. The molecule has 0 unspecified atom stereocenters. The number of hydrogen-bond donors (Lipinski definition) is 4. The van der Waals surface area contributed by atoms with E-state index in [1.807, 2.05) is 0 Å². The van der Waals surface area contributed by atoms with Crippen LogP contribution in [0.25, 0.3) is 0 Å². The topological polar surface area (TPSA) is 115 Å². The lowest BCUT2D eigenvalue weighted by Gasteiger charge is -2.37. The summed E-state index contributed by atoms with van der Waals surface area (Å²) in [7, 11) is 0. The molecule has 6 nitrogen and oxygen atoms in total. The Labute approximate surface area is 143 Å². The lowest BCUT2D eigenvalue weighted by molar-refractivity contribution is -0.0763. The Balaban J connectivity index is 2.07.